The molecule has 2 heteroatoms. The van der Waals surface area contributed by atoms with E-state index in [4.69, 9.17) is 4.43 Å². The Kier molecular flexibility index (Phi) is 3.11. The molecule has 1 aromatic carbocycles. The van der Waals surface area contributed by atoms with Crippen molar-refractivity contribution in [3.8, 4) is 5.75 Å². The van der Waals surface area contributed by atoms with Gasteiger partial charge in [0.15, 0.2) is 0 Å². The fourth-order valence-electron chi connectivity index (χ4n) is 3.10. The molecule has 94 valence electrons. The zero-order valence-electron chi connectivity index (χ0n) is 11.9. The lowest BCUT2D eigenvalue weighted by molar-refractivity contribution is 0.520. The zero-order valence-corrected chi connectivity index (χ0v) is 12.9. The van der Waals surface area contributed by atoms with Crippen molar-refractivity contribution in [2.75, 3.05) is 0 Å². The predicted molar refractivity (Wildman–Crippen MR) is 76.2 cm³/mol. The van der Waals surface area contributed by atoms with Gasteiger partial charge in [-0.25, -0.2) is 0 Å². The minimum absolute atomic E-state index is 0.676. The highest BCUT2D eigenvalue weighted by Crippen LogP contribution is 2.45. The van der Waals surface area contributed by atoms with Gasteiger partial charge in [0, 0.05) is 6.04 Å². The Morgan fingerprint density at radius 1 is 1.06 bits per heavy atom. The number of benzene rings is 1. The molecule has 0 radical (unpaired) electrons. The molecule has 0 aromatic heterocycles. The second-order valence-electron chi connectivity index (χ2n) is 6.10. The lowest BCUT2D eigenvalue weighted by Crippen LogP contribution is -2.47. The van der Waals surface area contributed by atoms with E-state index in [2.05, 4.69) is 53.7 Å². The molecule has 0 spiro atoms. The normalized spacial score (nSPS) is 17.4. The third-order valence-corrected chi connectivity index (χ3v) is 9.70. The Morgan fingerprint density at radius 3 is 2.18 bits per heavy atom. The van der Waals surface area contributed by atoms with E-state index in [0.29, 0.717) is 11.1 Å². The minimum Gasteiger partial charge on any atom is -0.542 e. The summed E-state index contributed by atoms with van der Waals surface area (Å²) in [6, 6.07) is 5.71. The average Bonchev–Trinajstić information content (AvgIpc) is 2.58. The van der Waals surface area contributed by atoms with Gasteiger partial charge in [0.05, 0.1) is 0 Å². The highest BCUT2D eigenvalue weighted by Gasteiger charge is 2.48. The van der Waals surface area contributed by atoms with Crippen molar-refractivity contribution >= 4 is 8.32 Å². The summed E-state index contributed by atoms with van der Waals surface area (Å²) in [6.07, 6.45) is 0. The Bertz CT molecular complexity index is 427. The highest BCUT2D eigenvalue weighted by atomic mass is 28.4. The van der Waals surface area contributed by atoms with Crippen LogP contribution in [0.15, 0.2) is 12.1 Å². The smallest absolute Gasteiger partial charge is 0.260 e. The van der Waals surface area contributed by atoms with Crippen molar-refractivity contribution in [1.29, 1.82) is 0 Å². The van der Waals surface area contributed by atoms with Crippen molar-refractivity contribution in [1.82, 2.24) is 0 Å². The van der Waals surface area contributed by atoms with Crippen LogP contribution in [0.5, 0.6) is 5.75 Å². The second-order valence-corrected chi connectivity index (χ2v) is 10.9. The number of aryl methyl sites for hydroxylation is 2. The van der Waals surface area contributed by atoms with E-state index in [0.717, 1.165) is 0 Å². The number of hydrogen-bond donors (Lipinski definition) is 0. The molecule has 0 saturated carbocycles. The maximum absolute atomic E-state index is 6.52. The molecule has 1 aromatic rings. The van der Waals surface area contributed by atoms with Crippen LogP contribution in [-0.4, -0.2) is 8.32 Å². The fourth-order valence-corrected chi connectivity index (χ4v) is 7.39. The van der Waals surface area contributed by atoms with Crippen LogP contribution in [0.25, 0.3) is 0 Å². The predicted octanol–water partition coefficient (Wildman–Crippen LogP) is 4.54. The van der Waals surface area contributed by atoms with Gasteiger partial charge in [-0.2, -0.15) is 0 Å². The van der Waals surface area contributed by atoms with Crippen LogP contribution in [0.2, 0.25) is 11.1 Å². The van der Waals surface area contributed by atoms with Crippen molar-refractivity contribution in [2.45, 2.75) is 58.7 Å². The summed E-state index contributed by atoms with van der Waals surface area (Å²) in [7, 11) is -1.65. The lowest BCUT2D eigenvalue weighted by Gasteiger charge is -2.33. The van der Waals surface area contributed by atoms with Gasteiger partial charge < -0.3 is 4.43 Å². The van der Waals surface area contributed by atoms with Crippen molar-refractivity contribution in [2.24, 2.45) is 0 Å². The lowest BCUT2D eigenvalue weighted by atomic mass is 10.1. The van der Waals surface area contributed by atoms with Crippen LogP contribution >= 0.6 is 0 Å². The fraction of sp³-hybridized carbons (Fsp3) is 0.600. The highest BCUT2D eigenvalue weighted by molar-refractivity contribution is 6.77. The van der Waals surface area contributed by atoms with E-state index in [1.54, 1.807) is 0 Å². The van der Waals surface area contributed by atoms with Crippen molar-refractivity contribution in [3.63, 3.8) is 0 Å². The topological polar surface area (TPSA) is 9.23 Å². The SMILES string of the molecule is Cc1cc(C)c2c(c1)O[Si](C(C)C)(C(C)C)C2. The van der Waals surface area contributed by atoms with Gasteiger partial charge in [0.25, 0.3) is 8.32 Å². The Morgan fingerprint density at radius 2 is 1.65 bits per heavy atom. The molecule has 17 heavy (non-hydrogen) atoms. The summed E-state index contributed by atoms with van der Waals surface area (Å²) in [5.41, 5.74) is 5.56. The summed E-state index contributed by atoms with van der Waals surface area (Å²) >= 11 is 0. The van der Waals surface area contributed by atoms with Gasteiger partial charge in [0.2, 0.25) is 0 Å². The van der Waals surface area contributed by atoms with Crippen LogP contribution in [0.4, 0.5) is 0 Å². The maximum atomic E-state index is 6.52. The molecule has 1 heterocycles. The first kappa shape index (κ1) is 12.7. The van der Waals surface area contributed by atoms with Gasteiger partial charge in [0.1, 0.15) is 5.75 Å². The molecule has 0 bridgehead atoms. The summed E-state index contributed by atoms with van der Waals surface area (Å²) in [5.74, 6) is 1.18. The van der Waals surface area contributed by atoms with Crippen LogP contribution in [0.1, 0.15) is 44.4 Å². The molecule has 0 N–H and O–H groups in total. The van der Waals surface area contributed by atoms with Gasteiger partial charge in [-0.1, -0.05) is 33.8 Å². The molecule has 0 amide bonds. The zero-order chi connectivity index (χ0) is 12.8. The van der Waals surface area contributed by atoms with Gasteiger partial charge in [-0.15, -0.1) is 0 Å². The number of hydrogen-bond acceptors (Lipinski definition) is 1. The molecule has 0 fully saturated rings. The van der Waals surface area contributed by atoms with Crippen molar-refractivity contribution < 1.29 is 4.43 Å². The van der Waals surface area contributed by atoms with Crippen LogP contribution in [0.3, 0.4) is 0 Å². The first-order valence-corrected chi connectivity index (χ1v) is 8.93. The number of fused-ring (bicyclic) bond motifs is 1. The van der Waals surface area contributed by atoms with E-state index in [9.17, 15) is 0 Å². The average molecular weight is 248 g/mol. The van der Waals surface area contributed by atoms with Crippen LogP contribution < -0.4 is 4.43 Å². The Labute approximate surface area is 106 Å². The quantitative estimate of drug-likeness (QED) is 0.698. The summed E-state index contributed by atoms with van der Waals surface area (Å²) in [4.78, 5) is 0. The van der Waals surface area contributed by atoms with E-state index < -0.39 is 8.32 Å². The molecular formula is C15H24OSi. The Hall–Kier alpha value is -0.763. The van der Waals surface area contributed by atoms with Gasteiger partial charge >= 0.3 is 0 Å². The first-order chi connectivity index (χ1) is 7.86. The van der Waals surface area contributed by atoms with E-state index in [1.165, 1.54) is 28.5 Å². The largest absolute Gasteiger partial charge is 0.542 e. The molecule has 1 aliphatic heterocycles. The van der Waals surface area contributed by atoms with E-state index in [-0.39, 0.29) is 0 Å². The Balaban J connectivity index is 2.47. The summed E-state index contributed by atoms with van der Waals surface area (Å²) in [5, 5.41) is 0. The summed E-state index contributed by atoms with van der Waals surface area (Å²) in [6.45, 7) is 13.7. The second kappa shape index (κ2) is 4.16. The standard InChI is InChI=1S/C15H24OSi/c1-10(2)17(11(3)4)9-14-13(6)7-12(5)8-15(14)16-17/h7-8,10-11H,9H2,1-6H3. The van der Waals surface area contributed by atoms with Crippen LogP contribution in [-0.2, 0) is 6.04 Å². The summed E-state index contributed by atoms with van der Waals surface area (Å²) < 4.78 is 6.52. The molecular weight excluding hydrogens is 224 g/mol. The van der Waals surface area contributed by atoms with E-state index in [1.807, 2.05) is 0 Å². The van der Waals surface area contributed by atoms with Gasteiger partial charge in [-0.3, -0.25) is 0 Å². The van der Waals surface area contributed by atoms with E-state index >= 15 is 0 Å². The first-order valence-electron chi connectivity index (χ1n) is 6.66. The van der Waals surface area contributed by atoms with Crippen LogP contribution in [0, 0.1) is 13.8 Å². The third kappa shape index (κ3) is 1.93. The molecule has 2 rings (SSSR count). The molecule has 0 atom stereocenters. The maximum Gasteiger partial charge on any atom is 0.260 e. The molecule has 0 aliphatic carbocycles. The minimum atomic E-state index is -1.65. The molecule has 0 unspecified atom stereocenters. The molecule has 0 saturated heterocycles. The monoisotopic (exact) mass is 248 g/mol. The number of rotatable bonds is 2. The van der Waals surface area contributed by atoms with Crippen molar-refractivity contribution in [3.05, 3.63) is 28.8 Å². The molecule has 1 aliphatic rings. The molecule has 1 nitrogen and oxygen atoms in total. The van der Waals surface area contributed by atoms with Gasteiger partial charge in [-0.05, 0) is 47.7 Å². The third-order valence-electron chi connectivity index (χ3n) is 4.28.